The molecule has 0 N–H and O–H groups in total. The molecule has 0 unspecified atom stereocenters. The maximum Gasteiger partial charge on any atom is 0.222 e. The monoisotopic (exact) mass is 346 g/mol. The van der Waals surface area contributed by atoms with Gasteiger partial charge in [-0.05, 0) is 36.8 Å². The molecule has 1 amide bonds. The van der Waals surface area contributed by atoms with Crippen LogP contribution in [0.5, 0.6) is 0 Å². The highest BCUT2D eigenvalue weighted by atomic mass is 32.2. The lowest BCUT2D eigenvalue weighted by Gasteiger charge is -2.47. The number of hydrogen-bond acceptors (Lipinski definition) is 4. The number of rotatable bonds is 5. The number of thioether (sulfide) groups is 1. The summed E-state index contributed by atoms with van der Waals surface area (Å²) in [4.78, 5) is 18.6. The Morgan fingerprint density at radius 2 is 2.21 bits per heavy atom. The SMILES string of the molecule is O=C(CC1CCCC1)N1CC2(C[C@@H](OCc3cccnc3)CS2)C1. The fourth-order valence-electron chi connectivity index (χ4n) is 4.24. The zero-order valence-electron chi connectivity index (χ0n) is 14.2. The van der Waals surface area contributed by atoms with Gasteiger partial charge in [0.2, 0.25) is 5.91 Å². The predicted molar refractivity (Wildman–Crippen MR) is 95.8 cm³/mol. The van der Waals surface area contributed by atoms with Gasteiger partial charge in [0.25, 0.3) is 0 Å². The van der Waals surface area contributed by atoms with E-state index in [9.17, 15) is 4.79 Å². The molecule has 0 aromatic carbocycles. The van der Waals surface area contributed by atoms with E-state index < -0.39 is 0 Å². The van der Waals surface area contributed by atoms with Crippen LogP contribution >= 0.6 is 11.8 Å². The van der Waals surface area contributed by atoms with Gasteiger partial charge in [0.15, 0.2) is 0 Å². The molecule has 3 fully saturated rings. The van der Waals surface area contributed by atoms with E-state index in [2.05, 4.69) is 16.0 Å². The van der Waals surface area contributed by atoms with E-state index in [4.69, 9.17) is 4.74 Å². The average Bonchev–Trinajstić information content (AvgIpc) is 3.22. The van der Waals surface area contributed by atoms with Crippen LogP contribution in [0.25, 0.3) is 0 Å². The fraction of sp³-hybridized carbons (Fsp3) is 0.684. The first-order chi connectivity index (χ1) is 11.7. The number of nitrogens with zero attached hydrogens (tertiary/aromatic N) is 2. The Kier molecular flexibility index (Phi) is 4.81. The molecule has 0 radical (unpaired) electrons. The third-order valence-electron chi connectivity index (χ3n) is 5.63. The van der Waals surface area contributed by atoms with Gasteiger partial charge in [-0.25, -0.2) is 0 Å². The minimum absolute atomic E-state index is 0.269. The molecule has 5 heteroatoms. The smallest absolute Gasteiger partial charge is 0.222 e. The van der Waals surface area contributed by atoms with Gasteiger partial charge >= 0.3 is 0 Å². The molecule has 2 aliphatic heterocycles. The molecule has 1 aromatic heterocycles. The van der Waals surface area contributed by atoms with Crippen LogP contribution in [0.15, 0.2) is 24.5 Å². The first-order valence-corrected chi connectivity index (χ1v) is 10.1. The van der Waals surface area contributed by atoms with E-state index in [0.29, 0.717) is 24.5 Å². The maximum atomic E-state index is 12.4. The second-order valence-electron chi connectivity index (χ2n) is 7.60. The van der Waals surface area contributed by atoms with E-state index in [1.807, 2.05) is 24.0 Å². The summed E-state index contributed by atoms with van der Waals surface area (Å²) in [7, 11) is 0. The van der Waals surface area contributed by atoms with Crippen molar-refractivity contribution in [2.45, 2.75) is 56.0 Å². The van der Waals surface area contributed by atoms with Crippen LogP contribution in [-0.2, 0) is 16.1 Å². The number of pyridine rings is 1. The molecule has 24 heavy (non-hydrogen) atoms. The molecule has 4 rings (SSSR count). The van der Waals surface area contributed by atoms with Gasteiger partial charge in [-0.1, -0.05) is 18.9 Å². The highest BCUT2D eigenvalue weighted by molar-refractivity contribution is 8.01. The van der Waals surface area contributed by atoms with Crippen molar-refractivity contribution in [2.75, 3.05) is 18.8 Å². The summed E-state index contributed by atoms with van der Waals surface area (Å²) in [5.74, 6) is 2.08. The molecule has 3 heterocycles. The fourth-order valence-corrected chi connectivity index (χ4v) is 5.80. The zero-order chi connectivity index (χ0) is 16.4. The zero-order valence-corrected chi connectivity index (χ0v) is 15.0. The van der Waals surface area contributed by atoms with E-state index in [1.54, 1.807) is 6.20 Å². The number of aromatic nitrogens is 1. The van der Waals surface area contributed by atoms with Gasteiger partial charge in [-0.2, -0.15) is 0 Å². The summed E-state index contributed by atoms with van der Waals surface area (Å²) in [6.45, 7) is 2.49. The van der Waals surface area contributed by atoms with E-state index >= 15 is 0 Å². The number of likely N-dealkylation sites (tertiary alicyclic amines) is 1. The Balaban J connectivity index is 1.20. The normalized spacial score (nSPS) is 26.0. The summed E-state index contributed by atoms with van der Waals surface area (Å²) >= 11 is 2.00. The summed E-state index contributed by atoms with van der Waals surface area (Å²) in [5, 5.41) is 0. The summed E-state index contributed by atoms with van der Waals surface area (Å²) < 4.78 is 6.33. The lowest BCUT2D eigenvalue weighted by atomic mass is 9.91. The van der Waals surface area contributed by atoms with E-state index in [1.165, 1.54) is 25.7 Å². The standard InChI is InChI=1S/C19H26N2O2S/c22-18(8-15-4-1-2-5-15)21-13-19(14-21)9-17(12-24-19)23-11-16-6-3-7-20-10-16/h3,6-7,10,15,17H,1-2,4-5,8-9,11-14H2/t17-/m1/s1. The van der Waals surface area contributed by atoms with Gasteiger partial charge < -0.3 is 9.64 Å². The molecular formula is C19H26N2O2S. The lowest BCUT2D eigenvalue weighted by molar-refractivity contribution is -0.137. The number of amides is 1. The van der Waals surface area contributed by atoms with Gasteiger partial charge in [0, 0.05) is 37.7 Å². The molecule has 1 aliphatic carbocycles. The maximum absolute atomic E-state index is 12.4. The number of ether oxygens (including phenoxy) is 1. The number of carbonyl (C=O) groups is 1. The van der Waals surface area contributed by atoms with Gasteiger partial charge in [-0.15, -0.1) is 11.8 Å². The van der Waals surface area contributed by atoms with Crippen LogP contribution in [0.3, 0.4) is 0 Å². The number of carbonyl (C=O) groups excluding carboxylic acids is 1. The summed E-state index contributed by atoms with van der Waals surface area (Å²) in [5.41, 5.74) is 1.13. The topological polar surface area (TPSA) is 42.4 Å². The van der Waals surface area contributed by atoms with Crippen molar-refractivity contribution in [1.82, 2.24) is 9.88 Å². The first kappa shape index (κ1) is 16.4. The Morgan fingerprint density at radius 3 is 2.96 bits per heavy atom. The van der Waals surface area contributed by atoms with Crippen molar-refractivity contribution in [2.24, 2.45) is 5.92 Å². The lowest BCUT2D eigenvalue weighted by Crippen LogP contribution is -2.60. The van der Waals surface area contributed by atoms with Crippen LogP contribution in [0.1, 0.15) is 44.1 Å². The van der Waals surface area contributed by atoms with E-state index in [0.717, 1.165) is 37.2 Å². The second-order valence-corrected chi connectivity index (χ2v) is 9.08. The highest BCUT2D eigenvalue weighted by Crippen LogP contribution is 2.46. The van der Waals surface area contributed by atoms with Crippen molar-refractivity contribution in [1.29, 1.82) is 0 Å². The van der Waals surface area contributed by atoms with Crippen LogP contribution in [-0.4, -0.2) is 45.5 Å². The number of hydrogen-bond donors (Lipinski definition) is 0. The third kappa shape index (κ3) is 3.62. The summed E-state index contributed by atoms with van der Waals surface area (Å²) in [6, 6.07) is 4.00. The molecule has 130 valence electrons. The predicted octanol–water partition coefficient (Wildman–Crippen LogP) is 3.27. The average molecular weight is 346 g/mol. The quantitative estimate of drug-likeness (QED) is 0.821. The van der Waals surface area contributed by atoms with Gasteiger partial charge in [-0.3, -0.25) is 9.78 Å². The van der Waals surface area contributed by atoms with E-state index in [-0.39, 0.29) is 4.75 Å². The Morgan fingerprint density at radius 1 is 1.38 bits per heavy atom. The van der Waals surface area contributed by atoms with Crippen molar-refractivity contribution in [3.05, 3.63) is 30.1 Å². The van der Waals surface area contributed by atoms with Gasteiger partial charge in [0.05, 0.1) is 17.5 Å². The molecule has 1 spiro atoms. The van der Waals surface area contributed by atoms with Crippen molar-refractivity contribution in [3.63, 3.8) is 0 Å². The third-order valence-corrected chi connectivity index (χ3v) is 7.21. The van der Waals surface area contributed by atoms with Crippen molar-refractivity contribution in [3.8, 4) is 0 Å². The van der Waals surface area contributed by atoms with Crippen LogP contribution in [0.4, 0.5) is 0 Å². The Labute approximate surface area is 148 Å². The molecule has 4 nitrogen and oxygen atoms in total. The minimum Gasteiger partial charge on any atom is -0.373 e. The highest BCUT2D eigenvalue weighted by Gasteiger charge is 2.50. The van der Waals surface area contributed by atoms with Crippen molar-refractivity contribution >= 4 is 17.7 Å². The Hall–Kier alpha value is -1.07. The molecule has 1 atom stereocenters. The molecular weight excluding hydrogens is 320 g/mol. The molecule has 3 aliphatic rings. The van der Waals surface area contributed by atoms with Crippen LogP contribution in [0, 0.1) is 5.92 Å². The molecule has 2 saturated heterocycles. The second kappa shape index (κ2) is 7.04. The van der Waals surface area contributed by atoms with Crippen LogP contribution < -0.4 is 0 Å². The summed E-state index contributed by atoms with van der Waals surface area (Å²) in [6.07, 6.45) is 10.9. The minimum atomic E-state index is 0.269. The Bertz CT molecular complexity index is 568. The van der Waals surface area contributed by atoms with Crippen molar-refractivity contribution < 1.29 is 9.53 Å². The molecule has 0 bridgehead atoms. The molecule has 1 aromatic rings. The first-order valence-electron chi connectivity index (χ1n) is 9.15. The van der Waals surface area contributed by atoms with Crippen LogP contribution in [0.2, 0.25) is 0 Å². The van der Waals surface area contributed by atoms with Gasteiger partial charge in [0.1, 0.15) is 0 Å². The molecule has 1 saturated carbocycles. The largest absolute Gasteiger partial charge is 0.373 e.